The molecule has 6 heteroatoms. The van der Waals surface area contributed by atoms with Gasteiger partial charge in [-0.15, -0.1) is 0 Å². The first-order valence-corrected chi connectivity index (χ1v) is 7.00. The maximum Gasteiger partial charge on any atom is 0.320 e. The maximum atomic E-state index is 10.5. The molecule has 5 N–H and O–H groups in total. The van der Waals surface area contributed by atoms with Crippen LogP contribution in [0.15, 0.2) is 24.3 Å². The van der Waals surface area contributed by atoms with Crippen molar-refractivity contribution in [2.75, 3.05) is 11.9 Å². The van der Waals surface area contributed by atoms with E-state index in [1.165, 1.54) is 5.56 Å². The van der Waals surface area contributed by atoms with Gasteiger partial charge in [0.1, 0.15) is 6.04 Å². The molecule has 0 aliphatic heterocycles. The largest absolute Gasteiger partial charge is 0.480 e. The van der Waals surface area contributed by atoms with E-state index in [0.717, 1.165) is 18.5 Å². The molecule has 20 heavy (non-hydrogen) atoms. The highest BCUT2D eigenvalue weighted by atomic mass is 32.1. The SMILES string of the molecule is Cc1ccc(NC(=S)NCCCC[C@H](N)C(=O)O)cc1. The molecule has 0 saturated heterocycles. The minimum atomic E-state index is -0.950. The Bertz CT molecular complexity index is 448. The van der Waals surface area contributed by atoms with Gasteiger partial charge in [-0.2, -0.15) is 0 Å². The number of carboxylic acids is 1. The number of aliphatic carboxylic acids is 1. The van der Waals surface area contributed by atoms with Crippen molar-refractivity contribution in [3.05, 3.63) is 29.8 Å². The van der Waals surface area contributed by atoms with E-state index in [0.29, 0.717) is 18.1 Å². The fourth-order valence-corrected chi connectivity index (χ4v) is 1.85. The van der Waals surface area contributed by atoms with Gasteiger partial charge in [-0.05, 0) is 50.5 Å². The zero-order valence-electron chi connectivity index (χ0n) is 11.6. The molecule has 110 valence electrons. The Morgan fingerprint density at radius 1 is 1.35 bits per heavy atom. The quantitative estimate of drug-likeness (QED) is 0.454. The third kappa shape index (κ3) is 6.49. The molecule has 0 bridgehead atoms. The lowest BCUT2D eigenvalue weighted by Crippen LogP contribution is -2.31. The number of hydrogen-bond donors (Lipinski definition) is 4. The number of rotatable bonds is 7. The Labute approximate surface area is 124 Å². The monoisotopic (exact) mass is 295 g/mol. The van der Waals surface area contributed by atoms with E-state index in [-0.39, 0.29) is 0 Å². The van der Waals surface area contributed by atoms with Crippen LogP contribution >= 0.6 is 12.2 Å². The van der Waals surface area contributed by atoms with Gasteiger partial charge in [0.25, 0.3) is 0 Å². The van der Waals surface area contributed by atoms with E-state index in [2.05, 4.69) is 10.6 Å². The Morgan fingerprint density at radius 3 is 2.60 bits per heavy atom. The van der Waals surface area contributed by atoms with Crippen LogP contribution in [0.4, 0.5) is 5.69 Å². The minimum absolute atomic E-state index is 0.481. The summed E-state index contributed by atoms with van der Waals surface area (Å²) in [6.07, 6.45) is 2.07. The Balaban J connectivity index is 2.14. The summed E-state index contributed by atoms with van der Waals surface area (Å²) >= 11 is 5.17. The zero-order chi connectivity index (χ0) is 15.0. The smallest absolute Gasteiger partial charge is 0.320 e. The van der Waals surface area contributed by atoms with E-state index >= 15 is 0 Å². The molecule has 0 radical (unpaired) electrons. The lowest BCUT2D eigenvalue weighted by molar-refractivity contribution is -0.138. The van der Waals surface area contributed by atoms with Gasteiger partial charge in [-0.1, -0.05) is 17.7 Å². The first-order chi connectivity index (χ1) is 9.49. The van der Waals surface area contributed by atoms with Crippen LogP contribution in [0.5, 0.6) is 0 Å². The summed E-state index contributed by atoms with van der Waals surface area (Å²) in [7, 11) is 0. The van der Waals surface area contributed by atoms with Gasteiger partial charge in [0.05, 0.1) is 0 Å². The van der Waals surface area contributed by atoms with Crippen LogP contribution in [0, 0.1) is 6.92 Å². The number of nitrogens with two attached hydrogens (primary N) is 1. The van der Waals surface area contributed by atoms with Crippen LogP contribution in [0.2, 0.25) is 0 Å². The van der Waals surface area contributed by atoms with Crippen LogP contribution in [0.25, 0.3) is 0 Å². The molecule has 0 heterocycles. The summed E-state index contributed by atoms with van der Waals surface area (Å²) in [6, 6.07) is 7.19. The average Bonchev–Trinajstić information content (AvgIpc) is 2.40. The predicted molar refractivity (Wildman–Crippen MR) is 84.9 cm³/mol. The van der Waals surface area contributed by atoms with Crippen molar-refractivity contribution in [2.45, 2.75) is 32.2 Å². The number of unbranched alkanes of at least 4 members (excludes halogenated alkanes) is 1. The Hall–Kier alpha value is -1.66. The first-order valence-electron chi connectivity index (χ1n) is 6.59. The lowest BCUT2D eigenvalue weighted by Gasteiger charge is -2.11. The van der Waals surface area contributed by atoms with Gasteiger partial charge in [-0.25, -0.2) is 0 Å². The molecule has 1 aromatic rings. The van der Waals surface area contributed by atoms with Crippen molar-refractivity contribution in [3.8, 4) is 0 Å². The van der Waals surface area contributed by atoms with Gasteiger partial charge >= 0.3 is 5.97 Å². The fourth-order valence-electron chi connectivity index (χ4n) is 1.63. The number of anilines is 1. The summed E-state index contributed by atoms with van der Waals surface area (Å²) in [5, 5.41) is 15.4. The Kier molecular flexibility index (Phi) is 6.97. The standard InChI is InChI=1S/C14H21N3O2S/c1-10-5-7-11(8-6-10)17-14(20)16-9-3-2-4-12(15)13(18)19/h5-8,12H,2-4,9,15H2,1H3,(H,18,19)(H2,16,17,20)/t12-/m0/s1. The number of nitrogens with one attached hydrogen (secondary N) is 2. The normalized spacial score (nSPS) is 11.7. The van der Waals surface area contributed by atoms with Crippen molar-refractivity contribution in [2.24, 2.45) is 5.73 Å². The Morgan fingerprint density at radius 2 is 2.00 bits per heavy atom. The van der Waals surface area contributed by atoms with Crippen LogP contribution in [0.1, 0.15) is 24.8 Å². The summed E-state index contributed by atoms with van der Waals surface area (Å²) in [6.45, 7) is 2.73. The lowest BCUT2D eigenvalue weighted by atomic mass is 10.1. The van der Waals surface area contributed by atoms with Crippen LogP contribution in [-0.4, -0.2) is 28.8 Å². The number of carbonyl (C=O) groups is 1. The van der Waals surface area contributed by atoms with E-state index in [9.17, 15) is 4.79 Å². The highest BCUT2D eigenvalue weighted by molar-refractivity contribution is 7.80. The van der Waals surface area contributed by atoms with Crippen LogP contribution in [0.3, 0.4) is 0 Å². The molecule has 5 nitrogen and oxygen atoms in total. The molecule has 1 rings (SSSR count). The third-order valence-electron chi connectivity index (χ3n) is 2.85. The second-order valence-corrected chi connectivity index (χ2v) is 5.10. The van der Waals surface area contributed by atoms with Crippen molar-refractivity contribution >= 4 is 29.0 Å². The molecular formula is C14H21N3O2S. The molecule has 0 spiro atoms. The molecule has 1 aromatic carbocycles. The van der Waals surface area contributed by atoms with Gasteiger partial charge in [-0.3, -0.25) is 4.79 Å². The number of benzene rings is 1. The summed E-state index contributed by atoms with van der Waals surface area (Å²) in [5.74, 6) is -0.950. The second kappa shape index (κ2) is 8.50. The van der Waals surface area contributed by atoms with Crippen molar-refractivity contribution in [3.63, 3.8) is 0 Å². The van der Waals surface area contributed by atoms with Crippen molar-refractivity contribution in [1.29, 1.82) is 0 Å². The topological polar surface area (TPSA) is 87.4 Å². The first kappa shape index (κ1) is 16.4. The molecule has 0 unspecified atom stereocenters. The number of hydrogen-bond acceptors (Lipinski definition) is 3. The number of carboxylic acid groups (broad SMARTS) is 1. The van der Waals surface area contributed by atoms with Gasteiger partial charge < -0.3 is 21.5 Å². The maximum absolute atomic E-state index is 10.5. The van der Waals surface area contributed by atoms with Crippen molar-refractivity contribution in [1.82, 2.24) is 5.32 Å². The van der Waals surface area contributed by atoms with Gasteiger partial charge in [0.2, 0.25) is 0 Å². The number of thiocarbonyl (C=S) groups is 1. The van der Waals surface area contributed by atoms with Gasteiger partial charge in [0, 0.05) is 12.2 Å². The highest BCUT2D eigenvalue weighted by Gasteiger charge is 2.09. The third-order valence-corrected chi connectivity index (χ3v) is 3.10. The minimum Gasteiger partial charge on any atom is -0.480 e. The molecule has 0 aliphatic carbocycles. The molecular weight excluding hydrogens is 274 g/mol. The summed E-state index contributed by atoms with van der Waals surface area (Å²) in [4.78, 5) is 10.5. The van der Waals surface area contributed by atoms with Gasteiger partial charge in [0.15, 0.2) is 5.11 Å². The summed E-state index contributed by atoms with van der Waals surface area (Å²) in [5.41, 5.74) is 7.56. The predicted octanol–water partition coefficient (Wildman–Crippen LogP) is 1.86. The average molecular weight is 295 g/mol. The zero-order valence-corrected chi connectivity index (χ0v) is 12.4. The fraction of sp³-hybridized carbons (Fsp3) is 0.429. The van der Waals surface area contributed by atoms with E-state index < -0.39 is 12.0 Å². The molecule has 0 saturated carbocycles. The van der Waals surface area contributed by atoms with Crippen LogP contribution in [-0.2, 0) is 4.79 Å². The molecule has 0 amide bonds. The number of aryl methyl sites for hydroxylation is 1. The van der Waals surface area contributed by atoms with E-state index in [1.807, 2.05) is 31.2 Å². The molecule has 0 aromatic heterocycles. The van der Waals surface area contributed by atoms with E-state index in [4.69, 9.17) is 23.1 Å². The second-order valence-electron chi connectivity index (χ2n) is 4.69. The molecule has 0 fully saturated rings. The highest BCUT2D eigenvalue weighted by Crippen LogP contribution is 2.08. The summed E-state index contributed by atoms with van der Waals surface area (Å²) < 4.78 is 0. The molecule has 1 atom stereocenters. The van der Waals surface area contributed by atoms with Crippen molar-refractivity contribution < 1.29 is 9.90 Å². The van der Waals surface area contributed by atoms with E-state index in [1.54, 1.807) is 0 Å². The van der Waals surface area contributed by atoms with Crippen LogP contribution < -0.4 is 16.4 Å². The molecule has 0 aliphatic rings.